The monoisotopic (exact) mass is 261 g/mol. The second-order valence-corrected chi connectivity index (χ2v) is 6.11. The molecule has 1 aliphatic carbocycles. The molecule has 2 aliphatic rings. The zero-order valence-corrected chi connectivity index (χ0v) is 11.8. The van der Waals surface area contributed by atoms with Gasteiger partial charge in [0.2, 0.25) is 5.95 Å². The highest BCUT2D eigenvalue weighted by Gasteiger charge is 2.37. The highest BCUT2D eigenvalue weighted by molar-refractivity contribution is 5.44. The van der Waals surface area contributed by atoms with Crippen LogP contribution in [0.4, 0.5) is 11.8 Å². The molecule has 1 saturated heterocycles. The van der Waals surface area contributed by atoms with Gasteiger partial charge in [0.15, 0.2) is 0 Å². The Labute approximate surface area is 114 Å². The van der Waals surface area contributed by atoms with E-state index in [0.29, 0.717) is 6.04 Å². The van der Waals surface area contributed by atoms with Crippen LogP contribution < -0.4 is 15.5 Å². The Morgan fingerprint density at radius 2 is 2.05 bits per heavy atom. The fraction of sp³-hybridized carbons (Fsp3) is 0.714. The van der Waals surface area contributed by atoms with Gasteiger partial charge in [0.1, 0.15) is 5.82 Å². The smallest absolute Gasteiger partial charge is 0.226 e. The van der Waals surface area contributed by atoms with Crippen molar-refractivity contribution < 1.29 is 0 Å². The highest BCUT2D eigenvalue weighted by atomic mass is 15.3. The van der Waals surface area contributed by atoms with Crippen molar-refractivity contribution in [3.05, 3.63) is 12.3 Å². The van der Waals surface area contributed by atoms with Gasteiger partial charge in [0.05, 0.1) is 0 Å². The van der Waals surface area contributed by atoms with Crippen LogP contribution >= 0.6 is 0 Å². The molecule has 1 aromatic rings. The number of aromatic nitrogens is 2. The van der Waals surface area contributed by atoms with E-state index < -0.39 is 0 Å². The van der Waals surface area contributed by atoms with Gasteiger partial charge in [-0.1, -0.05) is 0 Å². The summed E-state index contributed by atoms with van der Waals surface area (Å²) in [6, 6.07) is 2.42. The number of rotatable bonds is 2. The van der Waals surface area contributed by atoms with E-state index in [9.17, 15) is 0 Å². The van der Waals surface area contributed by atoms with E-state index in [-0.39, 0.29) is 0 Å². The van der Waals surface area contributed by atoms with Gasteiger partial charge in [-0.3, -0.25) is 0 Å². The van der Waals surface area contributed by atoms with Crippen molar-refractivity contribution in [1.82, 2.24) is 9.97 Å². The lowest BCUT2D eigenvalue weighted by Crippen LogP contribution is -2.32. The molecule has 0 radical (unpaired) electrons. The van der Waals surface area contributed by atoms with E-state index >= 15 is 0 Å². The zero-order chi connectivity index (χ0) is 13.4. The van der Waals surface area contributed by atoms with Crippen molar-refractivity contribution in [3.8, 4) is 0 Å². The first-order chi connectivity index (χ1) is 9.13. The van der Waals surface area contributed by atoms with Crippen molar-refractivity contribution >= 4 is 11.8 Å². The number of fused-ring (bicyclic) bond motifs is 1. The van der Waals surface area contributed by atoms with Gasteiger partial charge in [-0.05, 0) is 37.2 Å². The van der Waals surface area contributed by atoms with E-state index in [4.69, 9.17) is 5.73 Å². The highest BCUT2D eigenvalue weighted by Crippen LogP contribution is 2.37. The molecule has 19 heavy (non-hydrogen) atoms. The first-order valence-corrected chi connectivity index (χ1v) is 7.14. The standard InChI is InChI=1S/C14H23N5/c1-18(2)14-16-6-5-13(17-14)19-8-10-3-4-12(15)7-11(10)9-19/h5-6,10-12H,3-4,7-9,15H2,1-2H3/t10-,11+,12?/m1/s1. The summed E-state index contributed by atoms with van der Waals surface area (Å²) in [5, 5.41) is 0. The fourth-order valence-corrected chi connectivity index (χ4v) is 3.39. The Balaban J connectivity index is 1.75. The molecule has 2 N–H and O–H groups in total. The van der Waals surface area contributed by atoms with Crippen LogP contribution in [-0.4, -0.2) is 43.2 Å². The van der Waals surface area contributed by atoms with Crippen LogP contribution in [0, 0.1) is 11.8 Å². The van der Waals surface area contributed by atoms with Crippen molar-refractivity contribution in [2.75, 3.05) is 37.0 Å². The average molecular weight is 261 g/mol. The minimum atomic E-state index is 0.406. The van der Waals surface area contributed by atoms with Gasteiger partial charge in [0.25, 0.3) is 0 Å². The van der Waals surface area contributed by atoms with E-state index in [0.717, 1.165) is 36.7 Å². The summed E-state index contributed by atoms with van der Waals surface area (Å²) in [7, 11) is 3.95. The van der Waals surface area contributed by atoms with Gasteiger partial charge in [-0.25, -0.2) is 4.98 Å². The Bertz CT molecular complexity index is 447. The summed E-state index contributed by atoms with van der Waals surface area (Å²) in [5.41, 5.74) is 6.09. The maximum atomic E-state index is 6.09. The second kappa shape index (κ2) is 4.96. The first-order valence-electron chi connectivity index (χ1n) is 7.14. The molecule has 1 saturated carbocycles. The van der Waals surface area contributed by atoms with Gasteiger partial charge in [-0.15, -0.1) is 0 Å². The largest absolute Gasteiger partial charge is 0.356 e. The van der Waals surface area contributed by atoms with Crippen molar-refractivity contribution in [2.45, 2.75) is 25.3 Å². The fourth-order valence-electron chi connectivity index (χ4n) is 3.39. The minimum absolute atomic E-state index is 0.406. The number of nitrogens with two attached hydrogens (primary N) is 1. The quantitative estimate of drug-likeness (QED) is 0.864. The predicted octanol–water partition coefficient (Wildman–Crippen LogP) is 1.11. The average Bonchev–Trinajstić information content (AvgIpc) is 2.81. The Morgan fingerprint density at radius 3 is 2.84 bits per heavy atom. The van der Waals surface area contributed by atoms with Gasteiger partial charge in [-0.2, -0.15) is 4.98 Å². The lowest BCUT2D eigenvalue weighted by molar-refractivity contribution is 0.271. The van der Waals surface area contributed by atoms with Crippen LogP contribution in [0.15, 0.2) is 12.3 Å². The van der Waals surface area contributed by atoms with Crippen molar-refractivity contribution in [3.63, 3.8) is 0 Å². The molecule has 0 spiro atoms. The summed E-state index contributed by atoms with van der Waals surface area (Å²) < 4.78 is 0. The van der Waals surface area contributed by atoms with Gasteiger partial charge >= 0.3 is 0 Å². The molecule has 3 atom stereocenters. The molecular formula is C14H23N5. The van der Waals surface area contributed by atoms with Crippen LogP contribution in [0.3, 0.4) is 0 Å². The second-order valence-electron chi connectivity index (χ2n) is 6.11. The summed E-state index contributed by atoms with van der Waals surface area (Å²) >= 11 is 0. The maximum absolute atomic E-state index is 6.09. The molecule has 3 rings (SSSR count). The predicted molar refractivity (Wildman–Crippen MR) is 77.4 cm³/mol. The molecule has 104 valence electrons. The van der Waals surface area contributed by atoms with Crippen LogP contribution in [-0.2, 0) is 0 Å². The minimum Gasteiger partial charge on any atom is -0.356 e. The number of hydrogen-bond acceptors (Lipinski definition) is 5. The van der Waals surface area contributed by atoms with Crippen LogP contribution in [0.25, 0.3) is 0 Å². The van der Waals surface area contributed by atoms with Crippen LogP contribution in [0.1, 0.15) is 19.3 Å². The lowest BCUT2D eigenvalue weighted by Gasteiger charge is -2.27. The third-order valence-electron chi connectivity index (χ3n) is 4.44. The SMILES string of the molecule is CN(C)c1nccc(N2C[C@H]3CCC(N)C[C@H]3C2)n1. The molecule has 0 bridgehead atoms. The number of nitrogens with zero attached hydrogens (tertiary/aromatic N) is 4. The normalized spacial score (nSPS) is 30.3. The van der Waals surface area contributed by atoms with Crippen LogP contribution in [0.2, 0.25) is 0 Å². The van der Waals surface area contributed by atoms with Crippen molar-refractivity contribution in [2.24, 2.45) is 17.6 Å². The molecule has 0 aromatic carbocycles. The molecule has 0 amide bonds. The van der Waals surface area contributed by atoms with E-state index in [1.165, 1.54) is 19.3 Å². The first kappa shape index (κ1) is 12.7. The van der Waals surface area contributed by atoms with Crippen molar-refractivity contribution in [1.29, 1.82) is 0 Å². The van der Waals surface area contributed by atoms with E-state index in [1.54, 1.807) is 0 Å². The van der Waals surface area contributed by atoms with Gasteiger partial charge < -0.3 is 15.5 Å². The topological polar surface area (TPSA) is 58.3 Å². The Morgan fingerprint density at radius 1 is 1.26 bits per heavy atom. The molecule has 1 unspecified atom stereocenters. The third kappa shape index (κ3) is 2.52. The molecule has 1 aromatic heterocycles. The summed E-state index contributed by atoms with van der Waals surface area (Å²) in [6.45, 7) is 2.23. The summed E-state index contributed by atoms with van der Waals surface area (Å²) in [4.78, 5) is 13.3. The lowest BCUT2D eigenvalue weighted by atomic mass is 9.79. The van der Waals surface area contributed by atoms with Gasteiger partial charge in [0, 0.05) is 39.4 Å². The number of hydrogen-bond donors (Lipinski definition) is 1. The molecule has 2 heterocycles. The van der Waals surface area contributed by atoms with Crippen LogP contribution in [0.5, 0.6) is 0 Å². The summed E-state index contributed by atoms with van der Waals surface area (Å²) in [6.07, 6.45) is 5.48. The summed E-state index contributed by atoms with van der Waals surface area (Å²) in [5.74, 6) is 3.39. The van der Waals surface area contributed by atoms with E-state index in [1.807, 2.05) is 31.3 Å². The molecule has 2 fully saturated rings. The number of anilines is 2. The Hall–Kier alpha value is -1.36. The molecule has 5 nitrogen and oxygen atoms in total. The Kier molecular flexibility index (Phi) is 3.31. The maximum Gasteiger partial charge on any atom is 0.226 e. The molecule has 1 aliphatic heterocycles. The van der Waals surface area contributed by atoms with E-state index in [2.05, 4.69) is 14.9 Å². The zero-order valence-electron chi connectivity index (χ0n) is 11.8. The third-order valence-corrected chi connectivity index (χ3v) is 4.44. The molecular weight excluding hydrogens is 238 g/mol. The molecule has 5 heteroatoms.